The van der Waals surface area contributed by atoms with Gasteiger partial charge >= 0.3 is 6.03 Å². The van der Waals surface area contributed by atoms with Crippen LogP contribution in [0.2, 0.25) is 0 Å². The first kappa shape index (κ1) is 12.8. The molecule has 1 aromatic heterocycles. The molecule has 1 unspecified atom stereocenters. The van der Waals surface area contributed by atoms with E-state index in [0.29, 0.717) is 12.5 Å². The average molecular weight is 249 g/mol. The maximum atomic E-state index is 11.9. The number of hydrogen-bond acceptors (Lipinski definition) is 3. The van der Waals surface area contributed by atoms with Crippen LogP contribution in [0.5, 0.6) is 0 Å². The Kier molecular flexibility index (Phi) is 3.81. The van der Waals surface area contributed by atoms with Crippen molar-refractivity contribution in [3.05, 3.63) is 24.0 Å². The van der Waals surface area contributed by atoms with Crippen molar-refractivity contribution in [2.45, 2.75) is 25.9 Å². The summed E-state index contributed by atoms with van der Waals surface area (Å²) in [5.74, 6) is 0.378. The largest absolute Gasteiger partial charge is 0.391 e. The van der Waals surface area contributed by atoms with Gasteiger partial charge in [0, 0.05) is 31.7 Å². The predicted molar refractivity (Wildman–Crippen MR) is 69.4 cm³/mol. The Morgan fingerprint density at radius 2 is 2.39 bits per heavy atom. The molecular weight excluding hydrogens is 230 g/mol. The molecule has 2 amide bonds. The molecule has 1 aromatic rings. The second kappa shape index (κ2) is 5.35. The zero-order valence-corrected chi connectivity index (χ0v) is 10.8. The number of pyridine rings is 1. The Morgan fingerprint density at radius 1 is 1.67 bits per heavy atom. The Hall–Kier alpha value is -1.62. The van der Waals surface area contributed by atoms with E-state index in [1.165, 1.54) is 4.90 Å². The number of amides is 2. The van der Waals surface area contributed by atoms with Gasteiger partial charge in [-0.1, -0.05) is 0 Å². The van der Waals surface area contributed by atoms with Crippen molar-refractivity contribution in [3.63, 3.8) is 0 Å². The summed E-state index contributed by atoms with van der Waals surface area (Å²) in [6, 6.07) is 1.56. The van der Waals surface area contributed by atoms with Gasteiger partial charge in [0.25, 0.3) is 0 Å². The molecule has 5 heteroatoms. The Bertz CT molecular complexity index is 432. The first-order valence-corrected chi connectivity index (χ1v) is 6.18. The second-order valence-electron chi connectivity index (χ2n) is 4.91. The topological polar surface area (TPSA) is 65.5 Å². The van der Waals surface area contributed by atoms with Gasteiger partial charge in [0.1, 0.15) is 0 Å². The molecular formula is C13H19N3O2. The molecule has 0 aliphatic heterocycles. The lowest BCUT2D eigenvalue weighted by atomic mass is 10.2. The maximum absolute atomic E-state index is 11.9. The summed E-state index contributed by atoms with van der Waals surface area (Å²) in [5.41, 5.74) is 1.67. The molecule has 98 valence electrons. The molecule has 18 heavy (non-hydrogen) atoms. The molecule has 1 atom stereocenters. The maximum Gasteiger partial charge on any atom is 0.321 e. The highest BCUT2D eigenvalue weighted by Crippen LogP contribution is 2.32. The second-order valence-corrected chi connectivity index (χ2v) is 4.91. The Labute approximate surface area is 107 Å². The number of hydrogen-bond donors (Lipinski definition) is 2. The Morgan fingerprint density at radius 3 is 3.00 bits per heavy atom. The number of likely N-dealkylation sites (N-methyl/N-ethyl adjacent to an activating group) is 1. The molecule has 1 heterocycles. The molecule has 1 saturated carbocycles. The summed E-state index contributed by atoms with van der Waals surface area (Å²) >= 11 is 0. The predicted octanol–water partition coefficient (Wildman–Crippen LogP) is 1.62. The number of nitrogens with one attached hydrogen (secondary N) is 1. The number of carbonyl (C=O) groups is 1. The molecule has 5 nitrogen and oxygen atoms in total. The normalized spacial score (nSPS) is 16.2. The summed E-state index contributed by atoms with van der Waals surface area (Å²) < 4.78 is 0. The van der Waals surface area contributed by atoms with Crippen LogP contribution in [0.3, 0.4) is 0 Å². The third-order valence-electron chi connectivity index (χ3n) is 3.24. The molecule has 0 radical (unpaired) electrons. The van der Waals surface area contributed by atoms with Crippen LogP contribution in [0, 0.1) is 12.8 Å². The van der Waals surface area contributed by atoms with Crippen molar-refractivity contribution in [3.8, 4) is 0 Å². The minimum atomic E-state index is -0.403. The molecule has 1 fully saturated rings. The van der Waals surface area contributed by atoms with Gasteiger partial charge in [0.05, 0.1) is 6.10 Å². The molecule has 2 rings (SSSR count). The van der Waals surface area contributed by atoms with Crippen molar-refractivity contribution in [1.29, 1.82) is 0 Å². The van der Waals surface area contributed by atoms with Crippen LogP contribution in [0.4, 0.5) is 10.5 Å². The Balaban J connectivity index is 1.88. The number of aromatic nitrogens is 1. The summed E-state index contributed by atoms with van der Waals surface area (Å²) in [6.45, 7) is 2.27. The van der Waals surface area contributed by atoms with Gasteiger partial charge in [-0.15, -0.1) is 0 Å². The molecule has 0 aromatic carbocycles. The van der Waals surface area contributed by atoms with E-state index < -0.39 is 6.10 Å². The molecule has 0 saturated heterocycles. The summed E-state index contributed by atoms with van der Waals surface area (Å²) in [4.78, 5) is 17.4. The van der Waals surface area contributed by atoms with Crippen LogP contribution >= 0.6 is 0 Å². The summed E-state index contributed by atoms with van der Waals surface area (Å²) in [7, 11) is 1.69. The fourth-order valence-electron chi connectivity index (χ4n) is 1.82. The van der Waals surface area contributed by atoms with Gasteiger partial charge < -0.3 is 15.3 Å². The SMILES string of the molecule is Cc1cnccc1NC(=O)N(C)CC(O)C1CC1. The highest BCUT2D eigenvalue weighted by atomic mass is 16.3. The standard InChI is InChI=1S/C13H19N3O2/c1-9-7-14-6-5-11(9)15-13(18)16(2)8-12(17)10-3-4-10/h5-7,10,12,17H,3-4,8H2,1-2H3,(H,14,15,18). The minimum absolute atomic E-state index is 0.205. The lowest BCUT2D eigenvalue weighted by molar-refractivity contribution is 0.117. The zero-order chi connectivity index (χ0) is 13.1. The number of carbonyl (C=O) groups excluding carboxylic acids is 1. The highest BCUT2D eigenvalue weighted by molar-refractivity contribution is 5.89. The van der Waals surface area contributed by atoms with Crippen LogP contribution in [0.25, 0.3) is 0 Å². The number of aliphatic hydroxyl groups is 1. The molecule has 2 N–H and O–H groups in total. The smallest absolute Gasteiger partial charge is 0.321 e. The van der Waals surface area contributed by atoms with E-state index in [0.717, 1.165) is 24.1 Å². The van der Waals surface area contributed by atoms with Crippen molar-refractivity contribution in [2.75, 3.05) is 18.9 Å². The number of rotatable bonds is 4. The van der Waals surface area contributed by atoms with E-state index in [9.17, 15) is 9.90 Å². The van der Waals surface area contributed by atoms with Crippen molar-refractivity contribution >= 4 is 11.7 Å². The van der Waals surface area contributed by atoms with Crippen LogP contribution < -0.4 is 5.32 Å². The lowest BCUT2D eigenvalue weighted by Crippen LogP contribution is -2.38. The van der Waals surface area contributed by atoms with Crippen LogP contribution in [0.15, 0.2) is 18.5 Å². The summed E-state index contributed by atoms with van der Waals surface area (Å²) in [6.07, 6.45) is 5.08. The number of nitrogens with zero attached hydrogens (tertiary/aromatic N) is 2. The quantitative estimate of drug-likeness (QED) is 0.852. The number of aliphatic hydroxyl groups excluding tert-OH is 1. The molecule has 0 spiro atoms. The molecule has 1 aliphatic carbocycles. The average Bonchev–Trinajstić information content (AvgIpc) is 3.15. The number of anilines is 1. The first-order valence-electron chi connectivity index (χ1n) is 6.18. The van der Waals surface area contributed by atoms with E-state index in [2.05, 4.69) is 10.3 Å². The van der Waals surface area contributed by atoms with Gasteiger partial charge in [0.2, 0.25) is 0 Å². The van der Waals surface area contributed by atoms with Gasteiger partial charge in [-0.2, -0.15) is 0 Å². The van der Waals surface area contributed by atoms with Crippen molar-refractivity contribution in [2.24, 2.45) is 5.92 Å². The fraction of sp³-hybridized carbons (Fsp3) is 0.538. The number of aryl methyl sites for hydroxylation is 1. The minimum Gasteiger partial charge on any atom is -0.391 e. The van der Waals surface area contributed by atoms with Crippen molar-refractivity contribution < 1.29 is 9.90 Å². The molecule has 1 aliphatic rings. The van der Waals surface area contributed by atoms with Crippen molar-refractivity contribution in [1.82, 2.24) is 9.88 Å². The van der Waals surface area contributed by atoms with Gasteiger partial charge in [-0.25, -0.2) is 4.79 Å². The fourth-order valence-corrected chi connectivity index (χ4v) is 1.82. The van der Waals surface area contributed by atoms with Gasteiger partial charge in [-0.05, 0) is 37.3 Å². The first-order chi connectivity index (χ1) is 8.58. The zero-order valence-electron chi connectivity index (χ0n) is 10.8. The van der Waals surface area contributed by atoms with E-state index in [1.54, 1.807) is 25.5 Å². The van der Waals surface area contributed by atoms with E-state index in [4.69, 9.17) is 0 Å². The highest BCUT2D eigenvalue weighted by Gasteiger charge is 2.31. The van der Waals surface area contributed by atoms with E-state index in [-0.39, 0.29) is 6.03 Å². The van der Waals surface area contributed by atoms with E-state index >= 15 is 0 Å². The van der Waals surface area contributed by atoms with Crippen LogP contribution in [-0.2, 0) is 0 Å². The summed E-state index contributed by atoms with van der Waals surface area (Å²) in [5, 5.41) is 12.6. The monoisotopic (exact) mass is 249 g/mol. The number of urea groups is 1. The van der Waals surface area contributed by atoms with Crippen LogP contribution in [-0.4, -0.2) is 40.7 Å². The van der Waals surface area contributed by atoms with Crippen LogP contribution in [0.1, 0.15) is 18.4 Å². The van der Waals surface area contributed by atoms with Gasteiger partial charge in [-0.3, -0.25) is 4.98 Å². The third-order valence-corrected chi connectivity index (χ3v) is 3.24. The van der Waals surface area contributed by atoms with Gasteiger partial charge in [0.15, 0.2) is 0 Å². The third kappa shape index (κ3) is 3.20. The lowest BCUT2D eigenvalue weighted by Gasteiger charge is -2.21. The molecule has 0 bridgehead atoms. The van der Waals surface area contributed by atoms with E-state index in [1.807, 2.05) is 6.92 Å².